The van der Waals surface area contributed by atoms with Gasteiger partial charge in [-0.2, -0.15) is 0 Å². The van der Waals surface area contributed by atoms with Crippen LogP contribution in [0.4, 0.5) is 5.69 Å². The van der Waals surface area contributed by atoms with E-state index < -0.39 is 0 Å². The first kappa shape index (κ1) is 11.5. The lowest BCUT2D eigenvalue weighted by Gasteiger charge is -2.18. The zero-order valence-corrected chi connectivity index (χ0v) is 10.7. The second-order valence-electron chi connectivity index (χ2n) is 5.42. The topological polar surface area (TPSA) is 42.3 Å². The summed E-state index contributed by atoms with van der Waals surface area (Å²) in [6.07, 6.45) is 6.77. The van der Waals surface area contributed by atoms with Crippen LogP contribution in [0.2, 0.25) is 0 Å². The Labute approximate surface area is 106 Å². The Hall–Kier alpha value is -1.58. The van der Waals surface area contributed by atoms with E-state index in [4.69, 9.17) is 0 Å². The molecule has 0 unspecified atom stereocenters. The normalized spacial score (nSPS) is 19.6. The molecule has 1 aromatic rings. The number of hydrogen-bond acceptors (Lipinski definition) is 2. The van der Waals surface area contributed by atoms with Gasteiger partial charge in [0.25, 0.3) is 5.56 Å². The van der Waals surface area contributed by atoms with Gasteiger partial charge in [0, 0.05) is 32.3 Å². The average Bonchev–Trinajstić information content (AvgIpc) is 3.15. The monoisotopic (exact) mass is 246 g/mol. The number of pyridine rings is 1. The summed E-state index contributed by atoms with van der Waals surface area (Å²) in [5.74, 6) is 0.791. The van der Waals surface area contributed by atoms with E-state index in [-0.39, 0.29) is 11.5 Å². The van der Waals surface area contributed by atoms with Crippen molar-refractivity contribution < 1.29 is 4.79 Å². The van der Waals surface area contributed by atoms with Crippen LogP contribution in [0.1, 0.15) is 31.2 Å². The lowest BCUT2D eigenvalue weighted by atomic mass is 10.1. The predicted molar refractivity (Wildman–Crippen MR) is 69.8 cm³/mol. The number of rotatable bonds is 2. The van der Waals surface area contributed by atoms with Crippen LogP contribution in [-0.4, -0.2) is 17.5 Å². The largest absolute Gasteiger partial charge is 0.315 e. The Bertz CT molecular complexity index is 543. The highest BCUT2D eigenvalue weighted by Crippen LogP contribution is 2.31. The molecule has 1 fully saturated rings. The van der Waals surface area contributed by atoms with Gasteiger partial charge in [0.1, 0.15) is 0 Å². The molecule has 0 aromatic carbocycles. The van der Waals surface area contributed by atoms with E-state index in [1.165, 1.54) is 12.8 Å². The third kappa shape index (κ3) is 2.07. The molecule has 2 aliphatic rings. The molecule has 0 saturated heterocycles. The summed E-state index contributed by atoms with van der Waals surface area (Å²) in [7, 11) is 1.76. The van der Waals surface area contributed by atoms with Gasteiger partial charge in [0.05, 0.1) is 5.69 Å². The van der Waals surface area contributed by atoms with E-state index in [1.807, 2.05) is 10.8 Å². The number of carbonyl (C=O) groups is 1. The van der Waals surface area contributed by atoms with Crippen LogP contribution < -0.4 is 10.5 Å². The number of anilines is 1. The predicted octanol–water partition coefficient (Wildman–Crippen LogP) is 1.56. The number of nitrogens with zero attached hydrogens (tertiary/aromatic N) is 2. The van der Waals surface area contributed by atoms with Crippen LogP contribution in [0.25, 0.3) is 0 Å². The molecule has 4 heteroatoms. The highest BCUT2D eigenvalue weighted by atomic mass is 16.2. The fourth-order valence-electron chi connectivity index (χ4n) is 2.57. The van der Waals surface area contributed by atoms with Crippen LogP contribution in [0.15, 0.2) is 17.1 Å². The molecule has 1 saturated carbocycles. The first-order valence-electron chi connectivity index (χ1n) is 6.65. The van der Waals surface area contributed by atoms with Crippen LogP contribution in [-0.2, 0) is 17.8 Å². The van der Waals surface area contributed by atoms with Gasteiger partial charge in [-0.15, -0.1) is 0 Å². The zero-order valence-electron chi connectivity index (χ0n) is 10.7. The standard InChI is InChI=1S/C14H18N2O2/c1-15-12-7-14(18)16(8-10-5-6-10)9-11(12)3-2-4-13(15)17/h7,9-10H,2-6,8H2,1H3. The van der Waals surface area contributed by atoms with Crippen molar-refractivity contribution in [1.82, 2.24) is 4.57 Å². The summed E-state index contributed by atoms with van der Waals surface area (Å²) < 4.78 is 1.82. The average molecular weight is 246 g/mol. The molecule has 0 atom stereocenters. The molecule has 0 N–H and O–H groups in total. The van der Waals surface area contributed by atoms with Crippen molar-refractivity contribution in [2.45, 2.75) is 38.6 Å². The Morgan fingerprint density at radius 1 is 1.28 bits per heavy atom. The van der Waals surface area contributed by atoms with Crippen LogP contribution >= 0.6 is 0 Å². The van der Waals surface area contributed by atoms with Crippen molar-refractivity contribution in [3.8, 4) is 0 Å². The van der Waals surface area contributed by atoms with Crippen LogP contribution in [0.3, 0.4) is 0 Å². The lowest BCUT2D eigenvalue weighted by Crippen LogP contribution is -2.28. The Kier molecular flexibility index (Phi) is 2.73. The first-order valence-corrected chi connectivity index (χ1v) is 6.65. The van der Waals surface area contributed by atoms with E-state index in [0.717, 1.165) is 30.6 Å². The maximum absolute atomic E-state index is 12.0. The van der Waals surface area contributed by atoms with Gasteiger partial charge >= 0.3 is 0 Å². The van der Waals surface area contributed by atoms with Crippen molar-refractivity contribution in [2.24, 2.45) is 5.92 Å². The molecule has 1 aliphatic heterocycles. The molecule has 0 bridgehead atoms. The van der Waals surface area contributed by atoms with Crippen LogP contribution in [0.5, 0.6) is 0 Å². The fraction of sp³-hybridized carbons (Fsp3) is 0.571. The molecule has 4 nitrogen and oxygen atoms in total. The van der Waals surface area contributed by atoms with E-state index in [0.29, 0.717) is 12.3 Å². The van der Waals surface area contributed by atoms with E-state index in [2.05, 4.69) is 0 Å². The van der Waals surface area contributed by atoms with E-state index >= 15 is 0 Å². The van der Waals surface area contributed by atoms with Gasteiger partial charge < -0.3 is 9.47 Å². The minimum atomic E-state index is 0.0159. The molecule has 2 heterocycles. The maximum atomic E-state index is 12.0. The molecule has 1 aliphatic carbocycles. The van der Waals surface area contributed by atoms with Crippen molar-refractivity contribution in [3.05, 3.63) is 28.2 Å². The molecule has 1 amide bonds. The van der Waals surface area contributed by atoms with Gasteiger partial charge in [-0.05, 0) is 37.2 Å². The number of amides is 1. The van der Waals surface area contributed by atoms with E-state index in [1.54, 1.807) is 18.0 Å². The summed E-state index contributed by atoms with van der Waals surface area (Å²) in [5, 5.41) is 0. The lowest BCUT2D eigenvalue weighted by molar-refractivity contribution is -0.118. The molecule has 0 radical (unpaired) electrons. The minimum absolute atomic E-state index is 0.0159. The molecule has 18 heavy (non-hydrogen) atoms. The smallest absolute Gasteiger partial charge is 0.252 e. The Balaban J connectivity index is 2.01. The number of hydrogen-bond donors (Lipinski definition) is 0. The third-order valence-corrected chi connectivity index (χ3v) is 3.91. The Morgan fingerprint density at radius 3 is 2.78 bits per heavy atom. The molecular formula is C14H18N2O2. The molecule has 3 rings (SSSR count). The van der Waals surface area contributed by atoms with Crippen LogP contribution in [0, 0.1) is 5.92 Å². The fourth-order valence-corrected chi connectivity index (χ4v) is 2.57. The van der Waals surface area contributed by atoms with Gasteiger partial charge in [-0.25, -0.2) is 0 Å². The zero-order chi connectivity index (χ0) is 12.7. The van der Waals surface area contributed by atoms with Gasteiger partial charge in [-0.3, -0.25) is 9.59 Å². The van der Waals surface area contributed by atoms with Gasteiger partial charge in [0.15, 0.2) is 0 Å². The maximum Gasteiger partial charge on any atom is 0.252 e. The van der Waals surface area contributed by atoms with Crippen molar-refractivity contribution in [3.63, 3.8) is 0 Å². The number of carbonyl (C=O) groups excluding carboxylic acids is 1. The number of fused-ring (bicyclic) bond motifs is 1. The number of aryl methyl sites for hydroxylation is 1. The first-order chi connectivity index (χ1) is 8.65. The minimum Gasteiger partial charge on any atom is -0.315 e. The van der Waals surface area contributed by atoms with Gasteiger partial charge in [0.2, 0.25) is 5.91 Å². The summed E-state index contributed by atoms with van der Waals surface area (Å²) in [6, 6.07) is 1.63. The van der Waals surface area contributed by atoms with Gasteiger partial charge in [-0.1, -0.05) is 0 Å². The van der Waals surface area contributed by atoms with Crippen molar-refractivity contribution >= 4 is 11.6 Å². The highest BCUT2D eigenvalue weighted by molar-refractivity contribution is 5.94. The summed E-state index contributed by atoms with van der Waals surface area (Å²) >= 11 is 0. The second-order valence-corrected chi connectivity index (χ2v) is 5.42. The second kappa shape index (κ2) is 4.26. The van der Waals surface area contributed by atoms with Crippen molar-refractivity contribution in [2.75, 3.05) is 11.9 Å². The quantitative estimate of drug-likeness (QED) is 0.794. The highest BCUT2D eigenvalue weighted by Gasteiger charge is 2.24. The SMILES string of the molecule is CN1C(=O)CCCc2cn(CC3CC3)c(=O)cc21. The molecule has 96 valence electrons. The molecular weight excluding hydrogens is 228 g/mol. The number of aromatic nitrogens is 1. The third-order valence-electron chi connectivity index (χ3n) is 3.91. The summed E-state index contributed by atoms with van der Waals surface area (Å²) in [4.78, 5) is 25.5. The summed E-state index contributed by atoms with van der Waals surface area (Å²) in [6.45, 7) is 0.837. The molecule has 1 aromatic heterocycles. The van der Waals surface area contributed by atoms with Crippen molar-refractivity contribution in [1.29, 1.82) is 0 Å². The van der Waals surface area contributed by atoms with E-state index in [9.17, 15) is 9.59 Å². The summed E-state index contributed by atoms with van der Waals surface area (Å²) in [5.41, 5.74) is 1.94. The molecule has 0 spiro atoms. The Morgan fingerprint density at radius 2 is 2.06 bits per heavy atom.